The molecule has 0 aliphatic carbocycles. The molecule has 260 valence electrons. The lowest BCUT2D eigenvalue weighted by Gasteiger charge is -2.25. The lowest BCUT2D eigenvalue weighted by atomic mass is 9.88. The molecule has 1 heterocycles. The highest BCUT2D eigenvalue weighted by Crippen LogP contribution is 2.45. The van der Waals surface area contributed by atoms with E-state index < -0.39 is 0 Å². The van der Waals surface area contributed by atoms with Crippen molar-refractivity contribution in [2.45, 2.75) is 0 Å². The molecule has 11 aromatic carbocycles. The molecule has 12 aromatic rings. The average Bonchev–Trinajstić information content (AvgIpc) is 3.60. The third-order valence-corrected chi connectivity index (χ3v) is 11.8. The van der Waals surface area contributed by atoms with Crippen molar-refractivity contribution in [3.8, 4) is 16.8 Å². The second-order valence-electron chi connectivity index (χ2n) is 14.9. The van der Waals surface area contributed by atoms with Crippen LogP contribution in [0.2, 0.25) is 0 Å². The van der Waals surface area contributed by atoms with Crippen LogP contribution in [0.4, 0.5) is 17.1 Å². The van der Waals surface area contributed by atoms with E-state index >= 15 is 0 Å². The first-order valence-electron chi connectivity index (χ1n) is 19.3. The highest BCUT2D eigenvalue weighted by molar-refractivity contribution is 6.33. The van der Waals surface area contributed by atoms with Crippen molar-refractivity contribution in [1.82, 2.24) is 4.57 Å². The van der Waals surface area contributed by atoms with Crippen molar-refractivity contribution >= 4 is 92.7 Å². The van der Waals surface area contributed by atoms with Gasteiger partial charge in [0.05, 0.1) is 11.0 Å². The number of nitrogens with zero attached hydrogens (tertiary/aromatic N) is 2. The normalized spacial score (nSPS) is 11.9. The molecule has 0 spiro atoms. The van der Waals surface area contributed by atoms with Crippen LogP contribution < -0.4 is 4.90 Å². The zero-order chi connectivity index (χ0) is 36.7. The van der Waals surface area contributed by atoms with Crippen molar-refractivity contribution in [1.29, 1.82) is 0 Å². The zero-order valence-corrected chi connectivity index (χ0v) is 30.5. The van der Waals surface area contributed by atoms with E-state index in [1.165, 1.54) is 92.5 Å². The number of rotatable bonds is 5. The van der Waals surface area contributed by atoms with Gasteiger partial charge in [-0.3, -0.25) is 0 Å². The van der Waals surface area contributed by atoms with Crippen LogP contribution in [0.1, 0.15) is 0 Å². The SMILES string of the molecule is c1ccc(N(c2ccccc2)c2ccc3c(ccc4cc(-c5ccc6ccc7cc8c9ccccc9n(-c9ccccc9)c8c8ccc5c6c78)ccc43)c2)cc1. The topological polar surface area (TPSA) is 8.17 Å². The summed E-state index contributed by atoms with van der Waals surface area (Å²) in [6.07, 6.45) is 0. The Morgan fingerprint density at radius 1 is 0.321 bits per heavy atom. The smallest absolute Gasteiger partial charge is 0.0620 e. The molecule has 2 nitrogen and oxygen atoms in total. The highest BCUT2D eigenvalue weighted by atomic mass is 15.1. The molecule has 0 saturated carbocycles. The maximum atomic E-state index is 2.45. The molecule has 0 amide bonds. The van der Waals surface area contributed by atoms with E-state index in [0.29, 0.717) is 0 Å². The lowest BCUT2D eigenvalue weighted by Crippen LogP contribution is -2.09. The Bertz CT molecular complexity index is 3420. The Hall–Kier alpha value is -7.42. The van der Waals surface area contributed by atoms with E-state index in [0.717, 1.165) is 17.1 Å². The third kappa shape index (κ3) is 4.57. The molecule has 0 aliphatic heterocycles. The summed E-state index contributed by atoms with van der Waals surface area (Å²) in [6.45, 7) is 0. The summed E-state index contributed by atoms with van der Waals surface area (Å²) in [5, 5.41) is 15.3. The van der Waals surface area contributed by atoms with E-state index in [1.807, 2.05) is 0 Å². The Balaban J connectivity index is 1.02. The number of anilines is 3. The van der Waals surface area contributed by atoms with E-state index in [9.17, 15) is 0 Å². The molecule has 0 bridgehead atoms. The van der Waals surface area contributed by atoms with Crippen LogP contribution >= 0.6 is 0 Å². The minimum absolute atomic E-state index is 1.14. The van der Waals surface area contributed by atoms with Crippen LogP contribution in [0.5, 0.6) is 0 Å². The molecule has 0 radical (unpaired) electrons. The van der Waals surface area contributed by atoms with Gasteiger partial charge in [0.15, 0.2) is 0 Å². The quantitative estimate of drug-likeness (QED) is 0.161. The van der Waals surface area contributed by atoms with Gasteiger partial charge < -0.3 is 9.47 Å². The summed E-state index contributed by atoms with van der Waals surface area (Å²) in [5.74, 6) is 0. The number of benzene rings is 11. The van der Waals surface area contributed by atoms with Crippen molar-refractivity contribution < 1.29 is 0 Å². The minimum atomic E-state index is 1.14. The predicted molar refractivity (Wildman–Crippen MR) is 240 cm³/mol. The number of hydrogen-bond donors (Lipinski definition) is 0. The van der Waals surface area contributed by atoms with Gasteiger partial charge in [-0.2, -0.15) is 0 Å². The van der Waals surface area contributed by atoms with Crippen molar-refractivity contribution in [3.63, 3.8) is 0 Å². The Morgan fingerprint density at radius 3 is 1.66 bits per heavy atom. The van der Waals surface area contributed by atoms with Crippen LogP contribution in [0.15, 0.2) is 206 Å². The average molecular weight is 711 g/mol. The molecule has 1 aromatic heterocycles. The van der Waals surface area contributed by atoms with E-state index in [1.54, 1.807) is 0 Å². The van der Waals surface area contributed by atoms with E-state index in [-0.39, 0.29) is 0 Å². The molecule has 0 atom stereocenters. The fourth-order valence-electron chi connectivity index (χ4n) is 9.39. The standard InChI is InChI=1S/C54H34N2/c1-4-12-40(13-5-1)55(41-14-6-2-7-15-41)43-26-29-45-38(33-43)22-21-36-32-37(25-28-44(36)45)46-27-24-35-20-23-39-34-50-47-18-10-11-19-51(47)56(42-16-8-3-9-17-42)54(50)49-31-30-48(46)52(35)53(39)49/h1-34H. The molecule has 0 unspecified atom stereocenters. The van der Waals surface area contributed by atoms with E-state index in [2.05, 4.69) is 216 Å². The summed E-state index contributed by atoms with van der Waals surface area (Å²) < 4.78 is 2.45. The summed E-state index contributed by atoms with van der Waals surface area (Å²) in [7, 11) is 0. The Labute approximate surface area is 324 Å². The number of hydrogen-bond acceptors (Lipinski definition) is 1. The second-order valence-corrected chi connectivity index (χ2v) is 14.9. The fourth-order valence-corrected chi connectivity index (χ4v) is 9.39. The minimum Gasteiger partial charge on any atom is -0.310 e. The Kier molecular flexibility index (Phi) is 6.66. The molecule has 12 rings (SSSR count). The second kappa shape index (κ2) is 12.0. The van der Waals surface area contributed by atoms with Crippen molar-refractivity contribution in [2.24, 2.45) is 0 Å². The number of fused-ring (bicyclic) bond motifs is 7. The third-order valence-electron chi connectivity index (χ3n) is 11.8. The number of para-hydroxylation sites is 4. The molecular formula is C54H34N2. The molecule has 2 heteroatoms. The van der Waals surface area contributed by atoms with Gasteiger partial charge in [-0.05, 0) is 126 Å². The highest BCUT2D eigenvalue weighted by Gasteiger charge is 2.20. The fraction of sp³-hybridized carbons (Fsp3) is 0. The molecule has 0 fully saturated rings. The molecule has 0 saturated heterocycles. The van der Waals surface area contributed by atoms with Gasteiger partial charge in [-0.15, -0.1) is 0 Å². The van der Waals surface area contributed by atoms with Gasteiger partial charge in [-0.25, -0.2) is 0 Å². The first kappa shape index (κ1) is 31.0. The summed E-state index contributed by atoms with van der Waals surface area (Å²) >= 11 is 0. The van der Waals surface area contributed by atoms with Gasteiger partial charge >= 0.3 is 0 Å². The van der Waals surface area contributed by atoms with Gasteiger partial charge in [0, 0.05) is 38.9 Å². The van der Waals surface area contributed by atoms with Crippen LogP contribution in [-0.2, 0) is 0 Å². The lowest BCUT2D eigenvalue weighted by molar-refractivity contribution is 1.19. The van der Waals surface area contributed by atoms with Crippen molar-refractivity contribution in [2.75, 3.05) is 4.90 Å². The van der Waals surface area contributed by atoms with Crippen LogP contribution in [0.25, 0.3) is 92.5 Å². The van der Waals surface area contributed by atoms with Gasteiger partial charge in [-0.1, -0.05) is 140 Å². The van der Waals surface area contributed by atoms with Gasteiger partial charge in [0.25, 0.3) is 0 Å². The van der Waals surface area contributed by atoms with Gasteiger partial charge in [0.1, 0.15) is 0 Å². The molecular weight excluding hydrogens is 677 g/mol. The zero-order valence-electron chi connectivity index (χ0n) is 30.5. The Morgan fingerprint density at radius 2 is 0.893 bits per heavy atom. The van der Waals surface area contributed by atoms with Crippen LogP contribution in [0, 0.1) is 0 Å². The first-order chi connectivity index (χ1) is 27.8. The van der Waals surface area contributed by atoms with E-state index in [4.69, 9.17) is 0 Å². The molecule has 56 heavy (non-hydrogen) atoms. The van der Waals surface area contributed by atoms with Gasteiger partial charge in [0.2, 0.25) is 0 Å². The molecule has 0 aliphatic rings. The van der Waals surface area contributed by atoms with Crippen molar-refractivity contribution in [3.05, 3.63) is 206 Å². The van der Waals surface area contributed by atoms with Crippen LogP contribution in [0.3, 0.4) is 0 Å². The molecule has 0 N–H and O–H groups in total. The predicted octanol–water partition coefficient (Wildman–Crippen LogP) is 15.1. The maximum Gasteiger partial charge on any atom is 0.0620 e. The van der Waals surface area contributed by atoms with Crippen LogP contribution in [-0.4, -0.2) is 4.57 Å². The monoisotopic (exact) mass is 710 g/mol. The maximum absolute atomic E-state index is 2.45. The summed E-state index contributed by atoms with van der Waals surface area (Å²) in [5.41, 5.74) is 9.58. The number of aromatic nitrogens is 1. The summed E-state index contributed by atoms with van der Waals surface area (Å²) in [4.78, 5) is 2.33. The first-order valence-corrected chi connectivity index (χ1v) is 19.3. The largest absolute Gasteiger partial charge is 0.310 e. The summed E-state index contributed by atoms with van der Waals surface area (Å²) in [6, 6.07) is 75.6.